The molecule has 15 heavy (non-hydrogen) atoms. The summed E-state index contributed by atoms with van der Waals surface area (Å²) in [6.07, 6.45) is 1.67. The highest BCUT2D eigenvalue weighted by molar-refractivity contribution is 9.10. The molecule has 2 rings (SSSR count). The second kappa shape index (κ2) is 3.82. The number of benzene rings is 1. The van der Waals surface area contributed by atoms with Crippen molar-refractivity contribution in [3.8, 4) is 11.3 Å². The highest BCUT2D eigenvalue weighted by atomic mass is 79.9. The molecule has 0 unspecified atom stereocenters. The van der Waals surface area contributed by atoms with Crippen LogP contribution in [-0.2, 0) is 0 Å². The third kappa shape index (κ3) is 1.89. The van der Waals surface area contributed by atoms with Crippen molar-refractivity contribution in [3.05, 3.63) is 45.0 Å². The first kappa shape index (κ1) is 9.85. The number of hydrogen-bond donors (Lipinski definition) is 1. The van der Waals surface area contributed by atoms with Gasteiger partial charge >= 0.3 is 0 Å². The van der Waals surface area contributed by atoms with Crippen molar-refractivity contribution in [2.45, 2.75) is 0 Å². The Morgan fingerprint density at radius 1 is 1.40 bits per heavy atom. The van der Waals surface area contributed by atoms with E-state index in [0.29, 0.717) is 15.7 Å². The Kier molecular flexibility index (Phi) is 2.51. The van der Waals surface area contributed by atoms with Crippen LogP contribution in [-0.4, -0.2) is 15.1 Å². The SMILES string of the molecule is O=[N+]([O-])c1cc(-c2cc[nH]n2)ccc1Br. The molecule has 0 bridgehead atoms. The molecule has 0 saturated carbocycles. The van der Waals surface area contributed by atoms with Gasteiger partial charge in [-0.2, -0.15) is 5.10 Å². The number of nitro groups is 1. The van der Waals surface area contributed by atoms with E-state index in [1.807, 2.05) is 0 Å². The van der Waals surface area contributed by atoms with Crippen LogP contribution in [0.1, 0.15) is 0 Å². The Balaban J connectivity index is 2.52. The van der Waals surface area contributed by atoms with Crippen molar-refractivity contribution in [2.75, 3.05) is 0 Å². The van der Waals surface area contributed by atoms with E-state index in [-0.39, 0.29) is 5.69 Å². The van der Waals surface area contributed by atoms with Crippen LogP contribution < -0.4 is 0 Å². The molecule has 0 fully saturated rings. The quantitative estimate of drug-likeness (QED) is 0.672. The van der Waals surface area contributed by atoms with E-state index >= 15 is 0 Å². The summed E-state index contributed by atoms with van der Waals surface area (Å²) in [7, 11) is 0. The van der Waals surface area contributed by atoms with Gasteiger partial charge in [-0.3, -0.25) is 15.2 Å². The number of hydrogen-bond acceptors (Lipinski definition) is 3. The molecule has 0 aliphatic heterocycles. The van der Waals surface area contributed by atoms with Gasteiger partial charge in [-0.15, -0.1) is 0 Å². The molecule has 0 saturated heterocycles. The van der Waals surface area contributed by atoms with Gasteiger partial charge in [0.25, 0.3) is 5.69 Å². The van der Waals surface area contributed by atoms with Gasteiger partial charge in [0.1, 0.15) is 0 Å². The maximum atomic E-state index is 10.7. The number of H-pyrrole nitrogens is 1. The van der Waals surface area contributed by atoms with Crippen molar-refractivity contribution in [2.24, 2.45) is 0 Å². The molecule has 2 aromatic rings. The number of aromatic amines is 1. The molecule has 1 heterocycles. The first-order chi connectivity index (χ1) is 7.18. The van der Waals surface area contributed by atoms with Crippen molar-refractivity contribution >= 4 is 21.6 Å². The lowest BCUT2D eigenvalue weighted by atomic mass is 10.1. The third-order valence-electron chi connectivity index (χ3n) is 1.94. The van der Waals surface area contributed by atoms with Crippen LogP contribution in [0.4, 0.5) is 5.69 Å². The fourth-order valence-electron chi connectivity index (χ4n) is 1.23. The Morgan fingerprint density at radius 3 is 2.80 bits per heavy atom. The van der Waals surface area contributed by atoms with Gasteiger partial charge in [0.2, 0.25) is 0 Å². The summed E-state index contributed by atoms with van der Waals surface area (Å²) in [6.45, 7) is 0. The molecule has 1 aromatic heterocycles. The number of halogens is 1. The zero-order valence-corrected chi connectivity index (χ0v) is 9.06. The second-order valence-electron chi connectivity index (χ2n) is 2.88. The minimum absolute atomic E-state index is 0.0375. The van der Waals surface area contributed by atoms with Crippen LogP contribution in [0.3, 0.4) is 0 Å². The molecular formula is C9H6BrN3O2. The van der Waals surface area contributed by atoms with Crippen molar-refractivity contribution in [3.63, 3.8) is 0 Å². The molecule has 0 radical (unpaired) electrons. The number of nitrogens with zero attached hydrogens (tertiary/aromatic N) is 2. The van der Waals surface area contributed by atoms with Crippen LogP contribution in [0, 0.1) is 10.1 Å². The van der Waals surface area contributed by atoms with Gasteiger partial charge in [-0.05, 0) is 28.1 Å². The second-order valence-corrected chi connectivity index (χ2v) is 3.74. The minimum atomic E-state index is -0.430. The van der Waals surface area contributed by atoms with Gasteiger partial charge in [0.15, 0.2) is 0 Å². The van der Waals surface area contributed by atoms with Crippen LogP contribution in [0.25, 0.3) is 11.3 Å². The molecule has 0 amide bonds. The molecule has 76 valence electrons. The lowest BCUT2D eigenvalue weighted by molar-refractivity contribution is -0.385. The predicted octanol–water partition coefficient (Wildman–Crippen LogP) is 2.75. The fourth-order valence-corrected chi connectivity index (χ4v) is 1.62. The Morgan fingerprint density at radius 2 is 2.20 bits per heavy atom. The number of rotatable bonds is 2. The number of nitrogens with one attached hydrogen (secondary N) is 1. The summed E-state index contributed by atoms with van der Waals surface area (Å²) >= 11 is 3.12. The van der Waals surface area contributed by atoms with E-state index < -0.39 is 4.92 Å². The molecule has 0 aliphatic carbocycles. The zero-order valence-electron chi connectivity index (χ0n) is 7.48. The van der Waals surface area contributed by atoms with Gasteiger partial charge < -0.3 is 0 Å². The topological polar surface area (TPSA) is 71.8 Å². The first-order valence-electron chi connectivity index (χ1n) is 4.12. The average molecular weight is 268 g/mol. The van der Waals surface area contributed by atoms with E-state index in [1.165, 1.54) is 6.07 Å². The molecule has 0 aliphatic rings. The van der Waals surface area contributed by atoms with Crippen molar-refractivity contribution < 1.29 is 4.92 Å². The van der Waals surface area contributed by atoms with Gasteiger partial charge in [-0.25, -0.2) is 0 Å². The van der Waals surface area contributed by atoms with Gasteiger partial charge in [0.05, 0.1) is 15.1 Å². The average Bonchev–Trinajstić information content (AvgIpc) is 2.71. The van der Waals surface area contributed by atoms with E-state index in [1.54, 1.807) is 24.4 Å². The molecule has 0 atom stereocenters. The molecule has 0 spiro atoms. The molecule has 1 aromatic carbocycles. The van der Waals surface area contributed by atoms with Crippen LogP contribution >= 0.6 is 15.9 Å². The Labute approximate surface area is 93.4 Å². The van der Waals surface area contributed by atoms with Gasteiger partial charge in [-0.1, -0.05) is 6.07 Å². The standard InChI is InChI=1S/C9H6BrN3O2/c10-7-2-1-6(5-9(7)13(14)15)8-3-4-11-12-8/h1-5H,(H,11,12). The maximum absolute atomic E-state index is 10.7. The smallest absolute Gasteiger partial charge is 0.284 e. The normalized spacial score (nSPS) is 10.2. The van der Waals surface area contributed by atoms with Gasteiger partial charge in [0, 0.05) is 17.8 Å². The summed E-state index contributed by atoms with van der Waals surface area (Å²) in [6, 6.07) is 6.66. The minimum Gasteiger partial charge on any atom is -0.285 e. The molecule has 6 heteroatoms. The zero-order chi connectivity index (χ0) is 10.8. The molecule has 5 nitrogen and oxygen atoms in total. The predicted molar refractivity (Wildman–Crippen MR) is 58.4 cm³/mol. The monoisotopic (exact) mass is 267 g/mol. The van der Waals surface area contributed by atoms with Crippen LogP contribution in [0.2, 0.25) is 0 Å². The van der Waals surface area contributed by atoms with E-state index in [4.69, 9.17) is 0 Å². The molecule has 1 N–H and O–H groups in total. The summed E-state index contributed by atoms with van der Waals surface area (Å²) in [5, 5.41) is 17.3. The van der Waals surface area contributed by atoms with Crippen LogP contribution in [0.15, 0.2) is 34.9 Å². The Bertz CT molecular complexity index is 496. The summed E-state index contributed by atoms with van der Waals surface area (Å²) in [4.78, 5) is 10.3. The largest absolute Gasteiger partial charge is 0.285 e. The van der Waals surface area contributed by atoms with E-state index in [0.717, 1.165) is 0 Å². The number of aromatic nitrogens is 2. The molecular weight excluding hydrogens is 262 g/mol. The van der Waals surface area contributed by atoms with Crippen molar-refractivity contribution in [1.82, 2.24) is 10.2 Å². The first-order valence-corrected chi connectivity index (χ1v) is 4.92. The number of nitro benzene ring substituents is 1. The summed E-state index contributed by atoms with van der Waals surface area (Å²) < 4.78 is 0.465. The third-order valence-corrected chi connectivity index (χ3v) is 2.61. The highest BCUT2D eigenvalue weighted by Crippen LogP contribution is 2.29. The summed E-state index contributed by atoms with van der Waals surface area (Å²) in [5.74, 6) is 0. The highest BCUT2D eigenvalue weighted by Gasteiger charge is 2.13. The van der Waals surface area contributed by atoms with E-state index in [9.17, 15) is 10.1 Å². The lowest BCUT2D eigenvalue weighted by Crippen LogP contribution is -1.90. The van der Waals surface area contributed by atoms with Crippen molar-refractivity contribution in [1.29, 1.82) is 0 Å². The van der Waals surface area contributed by atoms with Crippen LogP contribution in [0.5, 0.6) is 0 Å². The fraction of sp³-hybridized carbons (Fsp3) is 0. The Hall–Kier alpha value is -1.69. The van der Waals surface area contributed by atoms with E-state index in [2.05, 4.69) is 26.1 Å². The lowest BCUT2D eigenvalue weighted by Gasteiger charge is -1.98. The summed E-state index contributed by atoms with van der Waals surface area (Å²) in [5.41, 5.74) is 1.44. The maximum Gasteiger partial charge on any atom is 0.284 e.